The molecular weight excluding hydrogens is 360 g/mol. The normalized spacial score (nSPS) is 13.1. The summed E-state index contributed by atoms with van der Waals surface area (Å²) < 4.78 is 111. The molecule has 0 amide bonds. The molecule has 0 heterocycles. The third-order valence-corrected chi connectivity index (χ3v) is 3.43. The Morgan fingerprint density at radius 1 is 0.760 bits per heavy atom. The highest BCUT2D eigenvalue weighted by molar-refractivity contribution is 5.27. The molecule has 2 aromatic rings. The van der Waals surface area contributed by atoms with Gasteiger partial charge in [-0.05, 0) is 18.2 Å². The number of hydrogen-bond acceptors (Lipinski definition) is 1. The molecule has 1 nitrogen and oxygen atoms in total. The fraction of sp³-hybridized carbons (Fsp3) is 0.250. The summed E-state index contributed by atoms with van der Waals surface area (Å²) in [6.07, 6.45) is -11.8. The Hall–Kier alpha value is -2.16. The van der Waals surface area contributed by atoms with E-state index in [1.54, 1.807) is 0 Å². The van der Waals surface area contributed by atoms with Crippen LogP contribution in [0.5, 0.6) is 0 Å². The second-order valence-corrected chi connectivity index (χ2v) is 5.07. The van der Waals surface area contributed by atoms with Gasteiger partial charge in [-0.15, -0.1) is 0 Å². The van der Waals surface area contributed by atoms with Crippen molar-refractivity contribution >= 4 is 0 Å². The van der Waals surface area contributed by atoms with Gasteiger partial charge in [-0.25, -0.2) is 8.78 Å². The van der Waals surface area contributed by atoms with E-state index >= 15 is 0 Å². The number of halogens is 8. The Kier molecular flexibility index (Phi) is 5.08. The Labute approximate surface area is 136 Å². The molecule has 0 aliphatic carbocycles. The molecule has 9 heteroatoms. The first-order valence-electron chi connectivity index (χ1n) is 6.76. The van der Waals surface area contributed by atoms with E-state index in [0.717, 1.165) is 12.1 Å². The van der Waals surface area contributed by atoms with Gasteiger partial charge in [-0.1, -0.05) is 30.3 Å². The van der Waals surface area contributed by atoms with Gasteiger partial charge in [0.25, 0.3) is 5.60 Å². The van der Waals surface area contributed by atoms with Crippen LogP contribution in [0.25, 0.3) is 0 Å². The molecule has 0 fully saturated rings. The van der Waals surface area contributed by atoms with E-state index in [9.17, 15) is 35.1 Å². The SMILES string of the molecule is Fc1ccc(F)c(COC(c2ccccc2)(C(F)(F)F)C(F)(F)F)c1. The number of benzene rings is 2. The maximum absolute atomic E-state index is 13.5. The van der Waals surface area contributed by atoms with Crippen molar-refractivity contribution in [3.8, 4) is 0 Å². The van der Waals surface area contributed by atoms with Crippen molar-refractivity contribution in [1.82, 2.24) is 0 Å². The molecular formula is C16H10F8O. The average Bonchev–Trinajstić information content (AvgIpc) is 2.49. The summed E-state index contributed by atoms with van der Waals surface area (Å²) in [5.74, 6) is -2.21. The minimum atomic E-state index is -5.89. The smallest absolute Gasteiger partial charge is 0.349 e. The van der Waals surface area contributed by atoms with E-state index in [2.05, 4.69) is 4.74 Å². The van der Waals surface area contributed by atoms with Gasteiger partial charge in [0.15, 0.2) is 0 Å². The summed E-state index contributed by atoms with van der Waals surface area (Å²) in [5.41, 5.74) is -6.67. The monoisotopic (exact) mass is 370 g/mol. The summed E-state index contributed by atoms with van der Waals surface area (Å²) in [4.78, 5) is 0. The lowest BCUT2D eigenvalue weighted by atomic mass is 9.91. The highest BCUT2D eigenvalue weighted by atomic mass is 19.4. The van der Waals surface area contributed by atoms with Crippen LogP contribution in [-0.4, -0.2) is 12.4 Å². The van der Waals surface area contributed by atoms with Gasteiger partial charge in [0.1, 0.15) is 11.6 Å². The Morgan fingerprint density at radius 3 is 1.84 bits per heavy atom. The fourth-order valence-corrected chi connectivity index (χ4v) is 2.25. The van der Waals surface area contributed by atoms with E-state index in [-0.39, 0.29) is 0 Å². The maximum Gasteiger partial charge on any atom is 0.430 e. The minimum Gasteiger partial charge on any atom is -0.349 e. The summed E-state index contributed by atoms with van der Waals surface area (Å²) in [5, 5.41) is 0. The standard InChI is InChI=1S/C16H10F8O/c17-12-6-7-13(18)10(8-12)9-25-14(15(19,20)21,16(22,23)24)11-4-2-1-3-5-11/h1-8H,9H2. The van der Waals surface area contributed by atoms with Gasteiger partial charge in [0, 0.05) is 11.1 Å². The highest BCUT2D eigenvalue weighted by Crippen LogP contribution is 2.53. The van der Waals surface area contributed by atoms with Gasteiger partial charge in [-0.3, -0.25) is 0 Å². The lowest BCUT2D eigenvalue weighted by Crippen LogP contribution is -2.55. The van der Waals surface area contributed by atoms with Crippen LogP contribution >= 0.6 is 0 Å². The first-order valence-corrected chi connectivity index (χ1v) is 6.76. The summed E-state index contributed by atoms with van der Waals surface area (Å²) in [6.45, 7) is -1.43. The van der Waals surface area contributed by atoms with Crippen molar-refractivity contribution in [2.24, 2.45) is 0 Å². The number of hydrogen-bond donors (Lipinski definition) is 0. The van der Waals surface area contributed by atoms with Crippen LogP contribution in [0.4, 0.5) is 35.1 Å². The second kappa shape index (κ2) is 6.62. The molecule has 0 radical (unpaired) electrons. The predicted molar refractivity (Wildman–Crippen MR) is 71.4 cm³/mol. The molecule has 136 valence electrons. The van der Waals surface area contributed by atoms with Crippen molar-refractivity contribution in [1.29, 1.82) is 0 Å². The van der Waals surface area contributed by atoms with Crippen molar-refractivity contribution in [2.75, 3.05) is 0 Å². The number of ether oxygens (including phenoxy) is 1. The zero-order valence-corrected chi connectivity index (χ0v) is 12.3. The molecule has 0 aromatic heterocycles. The van der Waals surface area contributed by atoms with Crippen LogP contribution in [-0.2, 0) is 16.9 Å². The van der Waals surface area contributed by atoms with Crippen LogP contribution in [0.1, 0.15) is 11.1 Å². The topological polar surface area (TPSA) is 9.23 Å². The van der Waals surface area contributed by atoms with E-state index in [1.807, 2.05) is 0 Å². The van der Waals surface area contributed by atoms with E-state index in [4.69, 9.17) is 0 Å². The lowest BCUT2D eigenvalue weighted by Gasteiger charge is -2.37. The first-order chi connectivity index (χ1) is 11.5. The molecule has 0 saturated heterocycles. The molecule has 0 spiro atoms. The molecule has 25 heavy (non-hydrogen) atoms. The van der Waals surface area contributed by atoms with Crippen molar-refractivity contribution < 1.29 is 39.9 Å². The van der Waals surface area contributed by atoms with Gasteiger partial charge in [0.2, 0.25) is 0 Å². The largest absolute Gasteiger partial charge is 0.430 e. The third-order valence-electron chi connectivity index (χ3n) is 3.43. The van der Waals surface area contributed by atoms with Crippen molar-refractivity contribution in [3.63, 3.8) is 0 Å². The summed E-state index contributed by atoms with van der Waals surface area (Å²) in [6, 6.07) is 6.12. The fourth-order valence-electron chi connectivity index (χ4n) is 2.25. The Morgan fingerprint density at radius 2 is 1.32 bits per heavy atom. The lowest BCUT2D eigenvalue weighted by molar-refractivity contribution is -0.392. The molecule has 0 aliphatic heterocycles. The zero-order valence-electron chi connectivity index (χ0n) is 12.3. The third kappa shape index (κ3) is 3.60. The molecule has 2 aromatic carbocycles. The first kappa shape index (κ1) is 19.2. The average molecular weight is 370 g/mol. The highest BCUT2D eigenvalue weighted by Gasteiger charge is 2.73. The molecule has 0 aliphatic rings. The van der Waals surface area contributed by atoms with E-state index < -0.39 is 47.3 Å². The minimum absolute atomic E-state index is 0.470. The number of alkyl halides is 6. The Balaban J connectivity index is 2.54. The van der Waals surface area contributed by atoms with E-state index in [0.29, 0.717) is 30.3 Å². The van der Waals surface area contributed by atoms with Crippen LogP contribution in [0.15, 0.2) is 48.5 Å². The van der Waals surface area contributed by atoms with Gasteiger partial charge in [0.05, 0.1) is 6.61 Å². The van der Waals surface area contributed by atoms with Crippen LogP contribution in [0, 0.1) is 11.6 Å². The molecule has 2 rings (SSSR count). The van der Waals surface area contributed by atoms with Crippen molar-refractivity contribution in [2.45, 2.75) is 24.6 Å². The maximum atomic E-state index is 13.5. The molecule has 0 unspecified atom stereocenters. The van der Waals surface area contributed by atoms with Crippen molar-refractivity contribution in [3.05, 3.63) is 71.3 Å². The van der Waals surface area contributed by atoms with Crippen LogP contribution in [0.3, 0.4) is 0 Å². The quantitative estimate of drug-likeness (QED) is 0.646. The molecule has 0 saturated carbocycles. The summed E-state index contributed by atoms with van der Waals surface area (Å²) >= 11 is 0. The van der Waals surface area contributed by atoms with Gasteiger partial charge in [-0.2, -0.15) is 26.3 Å². The Bertz CT molecular complexity index is 707. The van der Waals surface area contributed by atoms with Gasteiger partial charge < -0.3 is 4.74 Å². The van der Waals surface area contributed by atoms with E-state index in [1.165, 1.54) is 6.07 Å². The molecule has 0 bridgehead atoms. The van der Waals surface area contributed by atoms with Crippen LogP contribution < -0.4 is 0 Å². The summed E-state index contributed by atoms with van der Waals surface area (Å²) in [7, 11) is 0. The van der Waals surface area contributed by atoms with Gasteiger partial charge >= 0.3 is 12.4 Å². The predicted octanol–water partition coefficient (Wildman–Crippen LogP) is 5.50. The molecule has 0 atom stereocenters. The number of rotatable bonds is 4. The zero-order chi connectivity index (χ0) is 18.9. The molecule has 0 N–H and O–H groups in total. The van der Waals surface area contributed by atoms with Crippen LogP contribution in [0.2, 0.25) is 0 Å². The second-order valence-electron chi connectivity index (χ2n) is 5.07.